The molecule has 38 heavy (non-hydrogen) atoms. The molecule has 0 aliphatic heterocycles. The SMILES string of the molecule is COC(=O)c1c(-c2cc(OCc3ccccc3)c(OC)cc2[N+](=O)[O-])nn(-c2ccccc2)c1C(=O)OC. The van der Waals surface area contributed by atoms with Crippen LogP contribution in [0.2, 0.25) is 0 Å². The van der Waals surface area contributed by atoms with Crippen molar-refractivity contribution in [2.75, 3.05) is 21.3 Å². The summed E-state index contributed by atoms with van der Waals surface area (Å²) in [6, 6.07) is 20.3. The summed E-state index contributed by atoms with van der Waals surface area (Å²) in [6.07, 6.45) is 0. The highest BCUT2D eigenvalue weighted by atomic mass is 16.6. The third-order valence-corrected chi connectivity index (χ3v) is 5.63. The van der Waals surface area contributed by atoms with Crippen LogP contribution in [-0.4, -0.2) is 48.0 Å². The molecule has 0 spiro atoms. The van der Waals surface area contributed by atoms with Gasteiger partial charge in [-0.2, -0.15) is 5.10 Å². The average molecular weight is 517 g/mol. The molecule has 0 amide bonds. The van der Waals surface area contributed by atoms with E-state index in [1.807, 2.05) is 30.3 Å². The zero-order chi connectivity index (χ0) is 27.2. The van der Waals surface area contributed by atoms with Crippen molar-refractivity contribution in [2.45, 2.75) is 6.61 Å². The number of nitro benzene ring substituents is 1. The Morgan fingerprint density at radius 1 is 0.895 bits per heavy atom. The molecule has 0 atom stereocenters. The molecule has 1 aromatic heterocycles. The van der Waals surface area contributed by atoms with E-state index in [1.165, 1.54) is 23.9 Å². The Kier molecular flexibility index (Phi) is 7.66. The fourth-order valence-electron chi connectivity index (χ4n) is 3.84. The van der Waals surface area contributed by atoms with Crippen molar-refractivity contribution < 1.29 is 33.5 Å². The summed E-state index contributed by atoms with van der Waals surface area (Å²) in [6.45, 7) is 0.143. The number of para-hydroxylation sites is 1. The molecule has 0 radical (unpaired) electrons. The number of nitro groups is 1. The van der Waals surface area contributed by atoms with Crippen LogP contribution in [0.3, 0.4) is 0 Å². The molecule has 11 nitrogen and oxygen atoms in total. The van der Waals surface area contributed by atoms with Crippen LogP contribution in [0.5, 0.6) is 11.5 Å². The molecular weight excluding hydrogens is 494 g/mol. The minimum absolute atomic E-state index is 0.0842. The highest BCUT2D eigenvalue weighted by molar-refractivity contribution is 6.07. The summed E-state index contributed by atoms with van der Waals surface area (Å²) in [5.74, 6) is -1.54. The van der Waals surface area contributed by atoms with E-state index in [0.29, 0.717) is 5.69 Å². The predicted molar refractivity (Wildman–Crippen MR) is 136 cm³/mol. The standard InChI is InChI=1S/C27H23N3O8/c1-35-21-15-20(30(33)34)19(14-22(21)38-16-17-10-6-4-7-11-17)24-23(26(31)36-2)25(27(32)37-3)29(28-24)18-12-8-5-9-13-18/h4-15H,16H2,1-3H3. The Hall–Kier alpha value is -5.19. The summed E-state index contributed by atoms with van der Waals surface area (Å²) in [5.41, 5.74) is 0.0438. The van der Waals surface area contributed by atoms with Gasteiger partial charge in [0.25, 0.3) is 5.69 Å². The van der Waals surface area contributed by atoms with Crippen LogP contribution < -0.4 is 9.47 Å². The van der Waals surface area contributed by atoms with Crippen molar-refractivity contribution in [2.24, 2.45) is 0 Å². The highest BCUT2D eigenvalue weighted by Crippen LogP contribution is 2.42. The lowest BCUT2D eigenvalue weighted by Crippen LogP contribution is -2.15. The smallest absolute Gasteiger partial charge is 0.357 e. The summed E-state index contributed by atoms with van der Waals surface area (Å²) < 4.78 is 22.3. The van der Waals surface area contributed by atoms with Gasteiger partial charge < -0.3 is 18.9 Å². The first-order valence-electron chi connectivity index (χ1n) is 11.3. The van der Waals surface area contributed by atoms with Crippen LogP contribution >= 0.6 is 0 Å². The minimum atomic E-state index is -0.931. The summed E-state index contributed by atoms with van der Waals surface area (Å²) >= 11 is 0. The fraction of sp³-hybridized carbons (Fsp3) is 0.148. The second-order valence-electron chi connectivity index (χ2n) is 7.85. The number of carbonyl (C=O) groups is 2. The molecule has 194 valence electrons. The van der Waals surface area contributed by atoms with Gasteiger partial charge in [0, 0.05) is 6.07 Å². The Balaban J connectivity index is 1.98. The predicted octanol–water partition coefficient (Wildman–Crippen LogP) is 4.61. The van der Waals surface area contributed by atoms with E-state index < -0.39 is 22.5 Å². The van der Waals surface area contributed by atoms with Crippen LogP contribution in [0.4, 0.5) is 5.69 Å². The molecule has 3 aromatic carbocycles. The summed E-state index contributed by atoms with van der Waals surface area (Å²) in [4.78, 5) is 37.3. The average Bonchev–Trinajstić information content (AvgIpc) is 3.36. The van der Waals surface area contributed by atoms with Crippen LogP contribution in [0, 0.1) is 10.1 Å². The third kappa shape index (κ3) is 5.03. The summed E-state index contributed by atoms with van der Waals surface area (Å²) in [5, 5.41) is 16.6. The third-order valence-electron chi connectivity index (χ3n) is 5.63. The lowest BCUT2D eigenvalue weighted by Gasteiger charge is -2.13. The Morgan fingerprint density at radius 3 is 2.11 bits per heavy atom. The number of esters is 2. The second kappa shape index (κ2) is 11.2. The van der Waals surface area contributed by atoms with Crippen molar-refractivity contribution in [3.05, 3.63) is 99.7 Å². The van der Waals surface area contributed by atoms with Gasteiger partial charge in [-0.1, -0.05) is 48.5 Å². The van der Waals surface area contributed by atoms with Crippen molar-refractivity contribution in [1.82, 2.24) is 9.78 Å². The fourth-order valence-corrected chi connectivity index (χ4v) is 3.84. The molecule has 0 fully saturated rings. The molecule has 1 heterocycles. The zero-order valence-corrected chi connectivity index (χ0v) is 20.7. The van der Waals surface area contributed by atoms with E-state index in [-0.39, 0.29) is 40.6 Å². The van der Waals surface area contributed by atoms with Crippen molar-refractivity contribution >= 4 is 17.6 Å². The first kappa shape index (κ1) is 25.9. The number of ether oxygens (including phenoxy) is 4. The number of carbonyl (C=O) groups excluding carboxylic acids is 2. The first-order chi connectivity index (χ1) is 18.4. The van der Waals surface area contributed by atoms with Gasteiger partial charge in [0.2, 0.25) is 0 Å². The maximum Gasteiger partial charge on any atom is 0.357 e. The maximum atomic E-state index is 13.0. The van der Waals surface area contributed by atoms with Gasteiger partial charge in [0.15, 0.2) is 17.2 Å². The topological polar surface area (TPSA) is 132 Å². The second-order valence-corrected chi connectivity index (χ2v) is 7.85. The molecular formula is C27H23N3O8. The molecule has 11 heteroatoms. The van der Waals surface area contributed by atoms with E-state index in [2.05, 4.69) is 5.10 Å². The van der Waals surface area contributed by atoms with Gasteiger partial charge in [-0.15, -0.1) is 0 Å². The van der Waals surface area contributed by atoms with E-state index in [1.54, 1.807) is 30.3 Å². The molecule has 0 unspecified atom stereocenters. The Labute approximate surface area is 217 Å². The first-order valence-corrected chi connectivity index (χ1v) is 11.3. The van der Waals surface area contributed by atoms with E-state index >= 15 is 0 Å². The van der Waals surface area contributed by atoms with Crippen molar-refractivity contribution in [3.8, 4) is 28.4 Å². The molecule has 0 aliphatic rings. The van der Waals surface area contributed by atoms with Crippen molar-refractivity contribution in [3.63, 3.8) is 0 Å². The number of benzene rings is 3. The Bertz CT molecular complexity index is 1480. The molecule has 0 aliphatic carbocycles. The van der Waals surface area contributed by atoms with Crippen LogP contribution in [0.15, 0.2) is 72.8 Å². The lowest BCUT2D eigenvalue weighted by atomic mass is 10.0. The van der Waals surface area contributed by atoms with Crippen LogP contribution in [0.25, 0.3) is 16.9 Å². The maximum absolute atomic E-state index is 13.0. The number of rotatable bonds is 9. The van der Waals surface area contributed by atoms with Gasteiger partial charge in [-0.25, -0.2) is 14.3 Å². The zero-order valence-electron chi connectivity index (χ0n) is 20.7. The van der Waals surface area contributed by atoms with Gasteiger partial charge >= 0.3 is 11.9 Å². The number of hydrogen-bond acceptors (Lipinski definition) is 9. The molecule has 0 N–H and O–H groups in total. The largest absolute Gasteiger partial charge is 0.493 e. The van der Waals surface area contributed by atoms with Crippen LogP contribution in [0.1, 0.15) is 26.4 Å². The summed E-state index contributed by atoms with van der Waals surface area (Å²) in [7, 11) is 3.63. The molecule has 0 bridgehead atoms. The van der Waals surface area contributed by atoms with Gasteiger partial charge in [-0.3, -0.25) is 10.1 Å². The number of hydrogen-bond donors (Lipinski definition) is 0. The molecule has 4 aromatic rings. The van der Waals surface area contributed by atoms with Gasteiger partial charge in [0.05, 0.1) is 43.6 Å². The van der Waals surface area contributed by atoms with Gasteiger partial charge in [-0.05, 0) is 17.7 Å². The lowest BCUT2D eigenvalue weighted by molar-refractivity contribution is -0.384. The van der Waals surface area contributed by atoms with E-state index in [9.17, 15) is 19.7 Å². The highest BCUT2D eigenvalue weighted by Gasteiger charge is 2.35. The van der Waals surface area contributed by atoms with Gasteiger partial charge in [0.1, 0.15) is 17.9 Å². The molecule has 0 saturated carbocycles. The quantitative estimate of drug-likeness (QED) is 0.177. The monoisotopic (exact) mass is 517 g/mol. The normalized spacial score (nSPS) is 10.5. The number of nitrogens with zero attached hydrogens (tertiary/aromatic N) is 3. The number of methoxy groups -OCH3 is 3. The minimum Gasteiger partial charge on any atom is -0.493 e. The molecule has 4 rings (SSSR count). The van der Waals surface area contributed by atoms with E-state index in [4.69, 9.17) is 18.9 Å². The molecule has 0 saturated heterocycles. The Morgan fingerprint density at radius 2 is 1.53 bits per heavy atom. The van der Waals surface area contributed by atoms with Crippen LogP contribution in [-0.2, 0) is 16.1 Å². The van der Waals surface area contributed by atoms with E-state index in [0.717, 1.165) is 19.8 Å². The van der Waals surface area contributed by atoms with Crippen molar-refractivity contribution in [1.29, 1.82) is 0 Å². The number of aromatic nitrogens is 2.